The molecule has 10 heavy (non-hydrogen) atoms. The number of halogens is 1. The zero-order valence-corrected chi connectivity index (χ0v) is 6.25. The van der Waals surface area contributed by atoms with E-state index in [0.29, 0.717) is 0 Å². The van der Waals surface area contributed by atoms with Crippen LogP contribution in [0, 0.1) is 0 Å². The molecular formula is C6H9ClO3. The van der Waals surface area contributed by atoms with Gasteiger partial charge in [0.1, 0.15) is 0 Å². The van der Waals surface area contributed by atoms with Crippen molar-refractivity contribution in [2.45, 2.75) is 18.4 Å². The lowest BCUT2D eigenvalue weighted by atomic mass is 10.2. The van der Waals surface area contributed by atoms with Crippen molar-refractivity contribution < 1.29 is 15.0 Å². The van der Waals surface area contributed by atoms with Crippen LogP contribution in [0.4, 0.5) is 0 Å². The Kier molecular flexibility index (Phi) is 4.07. The second-order valence-corrected chi connectivity index (χ2v) is 2.39. The molecule has 2 unspecified atom stereocenters. The topological polar surface area (TPSA) is 57.5 Å². The molecule has 0 aromatic rings. The molecule has 0 fully saturated rings. The molecule has 0 aliphatic heterocycles. The van der Waals surface area contributed by atoms with E-state index in [9.17, 15) is 4.79 Å². The van der Waals surface area contributed by atoms with Gasteiger partial charge in [0.15, 0.2) is 0 Å². The highest BCUT2D eigenvalue weighted by Crippen LogP contribution is 2.03. The highest BCUT2D eigenvalue weighted by Gasteiger charge is 2.06. The molecule has 0 heterocycles. The van der Waals surface area contributed by atoms with Gasteiger partial charge in [-0.2, -0.15) is 0 Å². The van der Waals surface area contributed by atoms with E-state index in [2.05, 4.69) is 0 Å². The molecule has 0 saturated heterocycles. The predicted octanol–water partition coefficient (Wildman–Crippen LogP) is 0.615. The first-order chi connectivity index (χ1) is 4.54. The molecular weight excluding hydrogens is 156 g/mol. The van der Waals surface area contributed by atoms with Crippen LogP contribution < -0.4 is 0 Å². The number of aliphatic carboxylic acids is 1. The molecule has 0 radical (unpaired) electrons. The van der Waals surface area contributed by atoms with Crippen molar-refractivity contribution in [1.82, 2.24) is 0 Å². The van der Waals surface area contributed by atoms with Crippen molar-refractivity contribution in [3.05, 3.63) is 12.2 Å². The van der Waals surface area contributed by atoms with E-state index in [1.54, 1.807) is 0 Å². The van der Waals surface area contributed by atoms with Crippen LogP contribution in [-0.4, -0.2) is 27.7 Å². The number of carbonyl (C=O) groups is 1. The Labute approximate surface area is 63.9 Å². The number of carboxylic acid groups (broad SMARTS) is 1. The van der Waals surface area contributed by atoms with Gasteiger partial charge in [-0.25, -0.2) is 4.79 Å². The second-order valence-electron chi connectivity index (χ2n) is 1.88. The van der Waals surface area contributed by atoms with E-state index >= 15 is 0 Å². The Hall–Kier alpha value is -0.540. The third kappa shape index (κ3) is 4.35. The number of aliphatic hydroxyl groups is 1. The van der Waals surface area contributed by atoms with Gasteiger partial charge in [-0.1, -0.05) is 6.08 Å². The quantitative estimate of drug-likeness (QED) is 0.475. The number of carboxylic acids is 1. The molecule has 0 amide bonds. The second kappa shape index (κ2) is 4.30. The van der Waals surface area contributed by atoms with Gasteiger partial charge in [0.25, 0.3) is 0 Å². The standard InChI is InChI=1S/C6H9ClO3/c1-4(8)5(7)2-3-6(9)10/h2-5,8H,1H3,(H,9,10). The van der Waals surface area contributed by atoms with E-state index in [-0.39, 0.29) is 0 Å². The van der Waals surface area contributed by atoms with Gasteiger partial charge >= 0.3 is 5.97 Å². The van der Waals surface area contributed by atoms with Crippen molar-refractivity contribution in [3.8, 4) is 0 Å². The van der Waals surface area contributed by atoms with E-state index < -0.39 is 17.5 Å². The summed E-state index contributed by atoms with van der Waals surface area (Å²) in [7, 11) is 0. The summed E-state index contributed by atoms with van der Waals surface area (Å²) < 4.78 is 0. The molecule has 0 aromatic carbocycles. The van der Waals surface area contributed by atoms with Crippen LogP contribution in [-0.2, 0) is 4.79 Å². The summed E-state index contributed by atoms with van der Waals surface area (Å²) in [6.45, 7) is 1.49. The maximum atomic E-state index is 9.90. The smallest absolute Gasteiger partial charge is 0.328 e. The summed E-state index contributed by atoms with van der Waals surface area (Å²) in [4.78, 5) is 9.90. The van der Waals surface area contributed by atoms with E-state index in [1.807, 2.05) is 0 Å². The van der Waals surface area contributed by atoms with Crippen molar-refractivity contribution >= 4 is 17.6 Å². The lowest BCUT2D eigenvalue weighted by Gasteiger charge is -2.04. The molecule has 0 aliphatic rings. The lowest BCUT2D eigenvalue weighted by molar-refractivity contribution is -0.131. The number of alkyl halides is 1. The van der Waals surface area contributed by atoms with Gasteiger partial charge in [-0.3, -0.25) is 0 Å². The van der Waals surface area contributed by atoms with Crippen LogP contribution >= 0.6 is 11.6 Å². The van der Waals surface area contributed by atoms with E-state index in [4.69, 9.17) is 21.8 Å². The van der Waals surface area contributed by atoms with Crippen LogP contribution in [0.25, 0.3) is 0 Å². The monoisotopic (exact) mass is 164 g/mol. The Bertz CT molecular complexity index is 142. The number of hydrogen-bond donors (Lipinski definition) is 2. The molecule has 0 aromatic heterocycles. The Balaban J connectivity index is 3.77. The van der Waals surface area contributed by atoms with Crippen molar-refractivity contribution in [1.29, 1.82) is 0 Å². The third-order valence-corrected chi connectivity index (χ3v) is 1.39. The van der Waals surface area contributed by atoms with Crippen LogP contribution in [0.2, 0.25) is 0 Å². The Morgan fingerprint density at radius 2 is 2.20 bits per heavy atom. The largest absolute Gasteiger partial charge is 0.478 e. The summed E-state index contributed by atoms with van der Waals surface area (Å²) in [6.07, 6.45) is 1.41. The van der Waals surface area contributed by atoms with Gasteiger partial charge in [-0.05, 0) is 6.92 Å². The molecule has 2 N–H and O–H groups in total. The predicted molar refractivity (Wildman–Crippen MR) is 38.1 cm³/mol. The normalized spacial score (nSPS) is 17.1. The van der Waals surface area contributed by atoms with Gasteiger partial charge in [-0.15, -0.1) is 11.6 Å². The molecule has 3 nitrogen and oxygen atoms in total. The molecule has 0 aliphatic carbocycles. The van der Waals surface area contributed by atoms with Crippen LogP contribution in [0.3, 0.4) is 0 Å². The van der Waals surface area contributed by atoms with Gasteiger partial charge < -0.3 is 10.2 Å². The van der Waals surface area contributed by atoms with Gasteiger partial charge in [0.05, 0.1) is 11.5 Å². The van der Waals surface area contributed by atoms with Gasteiger partial charge in [0, 0.05) is 6.08 Å². The van der Waals surface area contributed by atoms with Crippen molar-refractivity contribution in [3.63, 3.8) is 0 Å². The summed E-state index contributed by atoms with van der Waals surface area (Å²) in [6, 6.07) is 0. The third-order valence-electron chi connectivity index (χ3n) is 0.884. The highest BCUT2D eigenvalue weighted by molar-refractivity contribution is 6.22. The molecule has 0 saturated carbocycles. The summed E-state index contributed by atoms with van der Waals surface area (Å²) in [5, 5.41) is 16.2. The fraction of sp³-hybridized carbons (Fsp3) is 0.500. The molecule has 4 heteroatoms. The van der Waals surface area contributed by atoms with Crippen LogP contribution in [0.1, 0.15) is 6.92 Å². The number of rotatable bonds is 3. The zero-order chi connectivity index (χ0) is 8.15. The van der Waals surface area contributed by atoms with Gasteiger partial charge in [0.2, 0.25) is 0 Å². The molecule has 2 atom stereocenters. The van der Waals surface area contributed by atoms with Crippen molar-refractivity contribution in [2.24, 2.45) is 0 Å². The summed E-state index contributed by atoms with van der Waals surface area (Å²) in [5.74, 6) is -1.06. The maximum Gasteiger partial charge on any atom is 0.328 e. The van der Waals surface area contributed by atoms with Crippen LogP contribution in [0.5, 0.6) is 0 Å². The first-order valence-electron chi connectivity index (χ1n) is 2.77. The Morgan fingerprint density at radius 1 is 1.70 bits per heavy atom. The summed E-state index contributed by atoms with van der Waals surface area (Å²) >= 11 is 5.46. The molecule has 0 spiro atoms. The number of hydrogen-bond acceptors (Lipinski definition) is 2. The molecule has 58 valence electrons. The van der Waals surface area contributed by atoms with Crippen molar-refractivity contribution in [2.75, 3.05) is 0 Å². The molecule has 0 bridgehead atoms. The average Bonchev–Trinajstić information content (AvgIpc) is 1.82. The average molecular weight is 165 g/mol. The number of aliphatic hydroxyl groups excluding tert-OH is 1. The minimum Gasteiger partial charge on any atom is -0.478 e. The van der Waals surface area contributed by atoms with E-state index in [0.717, 1.165) is 6.08 Å². The SMILES string of the molecule is CC(O)C(Cl)C=CC(=O)O. The Morgan fingerprint density at radius 3 is 2.50 bits per heavy atom. The minimum atomic E-state index is -1.06. The fourth-order valence-electron chi connectivity index (χ4n) is 0.335. The first-order valence-corrected chi connectivity index (χ1v) is 3.21. The molecule has 0 rings (SSSR count). The maximum absolute atomic E-state index is 9.90. The van der Waals surface area contributed by atoms with E-state index in [1.165, 1.54) is 13.0 Å². The minimum absolute atomic E-state index is 0.629. The zero-order valence-electron chi connectivity index (χ0n) is 5.49. The lowest BCUT2D eigenvalue weighted by Crippen LogP contribution is -2.13. The fourth-order valence-corrected chi connectivity index (χ4v) is 0.408. The van der Waals surface area contributed by atoms with Crippen LogP contribution in [0.15, 0.2) is 12.2 Å². The summed E-state index contributed by atoms with van der Waals surface area (Å²) in [5.41, 5.74) is 0. The first kappa shape index (κ1) is 9.46. The highest BCUT2D eigenvalue weighted by atomic mass is 35.5.